The molecule has 1 fully saturated rings. The van der Waals surface area contributed by atoms with Crippen molar-refractivity contribution < 1.29 is 19.8 Å². The average Bonchev–Trinajstić information content (AvgIpc) is 3.34. The number of rotatable bonds is 3. The smallest absolute Gasteiger partial charge is 0.261 e. The molecule has 9 nitrogen and oxygen atoms in total. The number of amides is 2. The molecule has 1 saturated carbocycles. The summed E-state index contributed by atoms with van der Waals surface area (Å²) in [5.74, 6) is -0.920. The van der Waals surface area contributed by atoms with Crippen LogP contribution in [-0.2, 0) is 0 Å². The summed E-state index contributed by atoms with van der Waals surface area (Å²) >= 11 is 0. The zero-order valence-corrected chi connectivity index (χ0v) is 15.3. The third-order valence-corrected chi connectivity index (χ3v) is 5.94. The predicted molar refractivity (Wildman–Crippen MR) is 103 cm³/mol. The van der Waals surface area contributed by atoms with Crippen molar-refractivity contribution in [2.75, 3.05) is 12.3 Å². The van der Waals surface area contributed by atoms with Gasteiger partial charge in [0, 0.05) is 18.7 Å². The Bertz CT molecular complexity index is 1110. The molecule has 3 heterocycles. The first kappa shape index (κ1) is 17.8. The molecule has 3 aromatic rings. The lowest BCUT2D eigenvalue weighted by atomic mass is 10.0. The van der Waals surface area contributed by atoms with Gasteiger partial charge in [-0.2, -0.15) is 0 Å². The van der Waals surface area contributed by atoms with Crippen molar-refractivity contribution in [2.24, 2.45) is 5.92 Å². The Labute approximate surface area is 165 Å². The average molecular weight is 393 g/mol. The highest BCUT2D eigenvalue weighted by atomic mass is 16.3. The van der Waals surface area contributed by atoms with Crippen LogP contribution in [0.25, 0.3) is 11.0 Å². The number of carbonyl (C=O) groups excluding carboxylic acids is 2. The van der Waals surface area contributed by atoms with Gasteiger partial charge in [0.2, 0.25) is 0 Å². The van der Waals surface area contributed by atoms with E-state index in [1.165, 1.54) is 0 Å². The van der Waals surface area contributed by atoms with Gasteiger partial charge >= 0.3 is 0 Å². The number of fused-ring (bicyclic) bond motifs is 2. The number of benzene rings is 1. The Balaban J connectivity index is 1.41. The van der Waals surface area contributed by atoms with Gasteiger partial charge in [-0.05, 0) is 24.6 Å². The molecule has 148 valence electrons. The highest BCUT2D eigenvalue weighted by Crippen LogP contribution is 2.38. The lowest BCUT2D eigenvalue weighted by Crippen LogP contribution is -2.39. The van der Waals surface area contributed by atoms with E-state index >= 15 is 0 Å². The largest absolute Gasteiger partial charge is 0.390 e. The van der Waals surface area contributed by atoms with E-state index in [9.17, 15) is 19.8 Å². The van der Waals surface area contributed by atoms with Gasteiger partial charge in [-0.25, -0.2) is 9.97 Å². The molecule has 0 radical (unpaired) electrons. The maximum atomic E-state index is 12.6. The van der Waals surface area contributed by atoms with Crippen molar-refractivity contribution in [3.05, 3.63) is 54.0 Å². The zero-order valence-electron chi connectivity index (χ0n) is 15.3. The monoisotopic (exact) mass is 393 g/mol. The normalized spacial score (nSPS) is 26.5. The number of pyridine rings is 1. The van der Waals surface area contributed by atoms with Crippen LogP contribution in [0, 0.1) is 5.92 Å². The number of aliphatic hydroxyl groups is 2. The molecule has 4 unspecified atom stereocenters. The van der Waals surface area contributed by atoms with Crippen molar-refractivity contribution in [3.8, 4) is 0 Å². The Morgan fingerprint density at radius 3 is 2.41 bits per heavy atom. The van der Waals surface area contributed by atoms with Crippen LogP contribution in [0.2, 0.25) is 0 Å². The van der Waals surface area contributed by atoms with Crippen molar-refractivity contribution in [3.63, 3.8) is 0 Å². The maximum Gasteiger partial charge on any atom is 0.261 e. The van der Waals surface area contributed by atoms with Crippen LogP contribution in [0.5, 0.6) is 0 Å². The fraction of sp³-hybridized carbons (Fsp3) is 0.300. The van der Waals surface area contributed by atoms with Crippen LogP contribution in [0.3, 0.4) is 0 Å². The Morgan fingerprint density at radius 2 is 1.72 bits per heavy atom. The number of aromatic nitrogens is 3. The number of nitrogen functional groups attached to an aromatic ring is 1. The van der Waals surface area contributed by atoms with Crippen molar-refractivity contribution in [1.29, 1.82) is 0 Å². The fourth-order valence-electron chi connectivity index (χ4n) is 4.44. The summed E-state index contributed by atoms with van der Waals surface area (Å²) in [6.07, 6.45) is 1.35. The van der Waals surface area contributed by atoms with Crippen molar-refractivity contribution in [1.82, 2.24) is 19.4 Å². The SMILES string of the molecule is Nc1nccc2c1ncn2C1CC(CN2C(=O)c3ccccc3C2=O)C(O)C1O. The summed E-state index contributed by atoms with van der Waals surface area (Å²) in [5, 5.41) is 21.3. The summed E-state index contributed by atoms with van der Waals surface area (Å²) < 4.78 is 1.77. The number of nitrogens with two attached hydrogens (primary N) is 1. The number of hydrogen-bond acceptors (Lipinski definition) is 7. The quantitative estimate of drug-likeness (QED) is 0.554. The zero-order chi connectivity index (χ0) is 20.3. The third kappa shape index (κ3) is 2.55. The molecule has 2 amide bonds. The summed E-state index contributed by atoms with van der Waals surface area (Å²) in [4.78, 5) is 34.7. The number of aliphatic hydroxyl groups excluding tert-OH is 2. The van der Waals surface area contributed by atoms with E-state index in [-0.39, 0.29) is 24.2 Å². The highest BCUT2D eigenvalue weighted by molar-refractivity contribution is 6.21. The standard InChI is InChI=1S/C20H19N5O4/c21-18-15-13(5-6-22-18)25(9-23-15)14-7-10(16(26)17(14)27)8-24-19(28)11-3-1-2-4-12(11)20(24)29/h1-6,9-10,14,16-17,26-27H,7-8H2,(H2,21,22). The highest BCUT2D eigenvalue weighted by Gasteiger charge is 2.46. The maximum absolute atomic E-state index is 12.6. The fourth-order valence-corrected chi connectivity index (χ4v) is 4.44. The topological polar surface area (TPSA) is 135 Å². The van der Waals surface area contributed by atoms with E-state index in [2.05, 4.69) is 9.97 Å². The molecule has 0 bridgehead atoms. The van der Waals surface area contributed by atoms with E-state index in [1.54, 1.807) is 47.4 Å². The lowest BCUT2D eigenvalue weighted by Gasteiger charge is -2.21. The summed E-state index contributed by atoms with van der Waals surface area (Å²) in [6.45, 7) is 0.0391. The number of carbonyl (C=O) groups is 2. The van der Waals surface area contributed by atoms with Gasteiger partial charge in [0.25, 0.3) is 11.8 Å². The van der Waals surface area contributed by atoms with Crippen LogP contribution in [0.4, 0.5) is 5.82 Å². The molecule has 1 aliphatic heterocycles. The first-order valence-corrected chi connectivity index (χ1v) is 9.35. The minimum Gasteiger partial charge on any atom is -0.390 e. The molecule has 0 saturated heterocycles. The lowest BCUT2D eigenvalue weighted by molar-refractivity contribution is 0.00181. The first-order chi connectivity index (χ1) is 14.0. The van der Waals surface area contributed by atoms with Crippen molar-refractivity contribution >= 4 is 28.7 Å². The molecule has 2 aliphatic rings. The number of anilines is 1. The first-order valence-electron chi connectivity index (χ1n) is 9.35. The molecular weight excluding hydrogens is 374 g/mol. The van der Waals surface area contributed by atoms with Gasteiger partial charge in [0.15, 0.2) is 5.82 Å². The second kappa shape index (κ2) is 6.36. The van der Waals surface area contributed by atoms with Crippen LogP contribution in [0.15, 0.2) is 42.9 Å². The molecule has 29 heavy (non-hydrogen) atoms. The minimum absolute atomic E-state index is 0.0391. The molecule has 0 spiro atoms. The van der Waals surface area contributed by atoms with Crippen LogP contribution >= 0.6 is 0 Å². The summed E-state index contributed by atoms with van der Waals surface area (Å²) in [6, 6.07) is 7.94. The van der Waals surface area contributed by atoms with Gasteiger partial charge in [0.05, 0.1) is 35.1 Å². The Kier molecular flexibility index (Phi) is 3.90. The second-order valence-electron chi connectivity index (χ2n) is 7.53. The molecule has 1 aromatic carbocycles. The van der Waals surface area contributed by atoms with Crippen LogP contribution in [-0.4, -0.2) is 60.2 Å². The Morgan fingerprint density at radius 1 is 1.03 bits per heavy atom. The number of hydrogen-bond donors (Lipinski definition) is 3. The Hall–Kier alpha value is -3.30. The van der Waals surface area contributed by atoms with Crippen LogP contribution < -0.4 is 5.73 Å². The molecule has 4 atom stereocenters. The molecule has 9 heteroatoms. The van der Waals surface area contributed by atoms with Crippen molar-refractivity contribution in [2.45, 2.75) is 24.7 Å². The molecular formula is C20H19N5O4. The summed E-state index contributed by atoms with van der Waals surface area (Å²) in [5.41, 5.74) is 7.82. The molecule has 1 aliphatic carbocycles. The predicted octanol–water partition coefficient (Wildman–Crippen LogP) is 0.593. The third-order valence-electron chi connectivity index (χ3n) is 5.94. The van der Waals surface area contributed by atoms with Gasteiger partial charge in [-0.3, -0.25) is 14.5 Å². The number of imidazole rings is 1. The molecule has 2 aromatic heterocycles. The van der Waals surface area contributed by atoms with Gasteiger partial charge < -0.3 is 20.5 Å². The van der Waals surface area contributed by atoms with E-state index in [4.69, 9.17) is 5.73 Å². The van der Waals surface area contributed by atoms with E-state index in [1.807, 2.05) is 0 Å². The summed E-state index contributed by atoms with van der Waals surface area (Å²) in [7, 11) is 0. The van der Waals surface area contributed by atoms with Gasteiger partial charge in [-0.15, -0.1) is 0 Å². The minimum atomic E-state index is -1.08. The molecule has 4 N–H and O–H groups in total. The van der Waals surface area contributed by atoms with Gasteiger partial charge in [-0.1, -0.05) is 12.1 Å². The van der Waals surface area contributed by atoms with E-state index in [0.717, 1.165) is 4.90 Å². The van der Waals surface area contributed by atoms with E-state index in [0.29, 0.717) is 28.6 Å². The second-order valence-corrected chi connectivity index (χ2v) is 7.53. The van der Waals surface area contributed by atoms with Gasteiger partial charge in [0.1, 0.15) is 11.6 Å². The number of nitrogens with zero attached hydrogens (tertiary/aromatic N) is 4. The van der Waals surface area contributed by atoms with Crippen LogP contribution in [0.1, 0.15) is 33.2 Å². The number of imide groups is 1. The molecule has 5 rings (SSSR count). The van der Waals surface area contributed by atoms with E-state index < -0.39 is 24.2 Å².